The number of nitrogens with two attached hydrogens (primary N) is 1. The van der Waals surface area contributed by atoms with Crippen molar-refractivity contribution < 1.29 is 14.6 Å². The van der Waals surface area contributed by atoms with E-state index in [1.54, 1.807) is 0 Å². The predicted molar refractivity (Wildman–Crippen MR) is 71.9 cm³/mol. The molecule has 0 spiro atoms. The summed E-state index contributed by atoms with van der Waals surface area (Å²) in [5.41, 5.74) is 7.19. The maximum atomic E-state index is 12.1. The minimum atomic E-state index is -0.365. The molecule has 1 unspecified atom stereocenters. The number of hydrogen-bond donors (Lipinski definition) is 4. The number of nitrogen functional groups attached to an aromatic ring is 1. The molecule has 0 aromatic carbocycles. The van der Waals surface area contributed by atoms with E-state index < -0.39 is 0 Å². The number of aromatic amines is 1. The number of hydrogen-bond acceptors (Lipinski definition) is 5. The topological polar surface area (TPSA) is 113 Å². The number of amides is 1. The molecule has 7 heteroatoms. The van der Waals surface area contributed by atoms with Gasteiger partial charge in [0.2, 0.25) is 0 Å². The molecule has 0 radical (unpaired) electrons. The molecular formula is C12H22N4O3. The maximum absolute atomic E-state index is 12.1. The fourth-order valence-electron chi connectivity index (χ4n) is 1.79. The van der Waals surface area contributed by atoms with Crippen LogP contribution < -0.4 is 11.1 Å². The maximum Gasteiger partial charge on any atom is 0.274 e. The van der Waals surface area contributed by atoms with Gasteiger partial charge in [0.1, 0.15) is 0 Å². The third-order valence-electron chi connectivity index (χ3n) is 2.81. The summed E-state index contributed by atoms with van der Waals surface area (Å²) < 4.78 is 4.98. The summed E-state index contributed by atoms with van der Waals surface area (Å²) in [7, 11) is 1.54. The smallest absolute Gasteiger partial charge is 0.274 e. The molecule has 108 valence electrons. The number of carbonyl (C=O) groups is 1. The van der Waals surface area contributed by atoms with E-state index in [-0.39, 0.29) is 30.2 Å². The van der Waals surface area contributed by atoms with Gasteiger partial charge in [-0.2, -0.15) is 5.10 Å². The Morgan fingerprint density at radius 2 is 2.26 bits per heavy atom. The number of H-pyrrole nitrogens is 1. The van der Waals surface area contributed by atoms with Gasteiger partial charge in [0.25, 0.3) is 5.91 Å². The zero-order valence-corrected chi connectivity index (χ0v) is 11.6. The van der Waals surface area contributed by atoms with Gasteiger partial charge in [0.05, 0.1) is 24.0 Å². The van der Waals surface area contributed by atoms with Crippen molar-refractivity contribution in [3.05, 3.63) is 11.4 Å². The lowest BCUT2D eigenvalue weighted by atomic mass is 10.1. The average molecular weight is 270 g/mol. The highest BCUT2D eigenvalue weighted by atomic mass is 16.5. The van der Waals surface area contributed by atoms with Crippen LogP contribution in [-0.4, -0.2) is 47.6 Å². The van der Waals surface area contributed by atoms with Crippen LogP contribution in [0.5, 0.6) is 0 Å². The van der Waals surface area contributed by atoms with Crippen molar-refractivity contribution in [1.29, 1.82) is 0 Å². The molecule has 1 heterocycles. The van der Waals surface area contributed by atoms with E-state index in [0.29, 0.717) is 18.7 Å². The van der Waals surface area contributed by atoms with Gasteiger partial charge in [-0.05, 0) is 12.3 Å². The van der Waals surface area contributed by atoms with Crippen LogP contribution in [0.4, 0.5) is 5.69 Å². The minimum Gasteiger partial charge on any atom is -0.396 e. The van der Waals surface area contributed by atoms with E-state index in [0.717, 1.165) is 5.69 Å². The number of nitrogens with one attached hydrogen (secondary N) is 2. The van der Waals surface area contributed by atoms with Crippen LogP contribution in [0, 0.1) is 0 Å². The molecule has 1 aromatic heterocycles. The predicted octanol–water partition coefficient (Wildman–Crippen LogP) is 0.242. The average Bonchev–Trinajstić information content (AvgIpc) is 2.71. The van der Waals surface area contributed by atoms with E-state index in [4.69, 9.17) is 15.6 Å². The summed E-state index contributed by atoms with van der Waals surface area (Å²) in [6.45, 7) is 4.23. The Morgan fingerprint density at radius 3 is 2.74 bits per heavy atom. The van der Waals surface area contributed by atoms with Crippen LogP contribution >= 0.6 is 0 Å². The SMILES string of the molecule is COCC(CCO)NC(=O)c1n[nH]c(C(C)C)c1N. The Morgan fingerprint density at radius 1 is 1.58 bits per heavy atom. The highest BCUT2D eigenvalue weighted by molar-refractivity contribution is 5.97. The van der Waals surface area contributed by atoms with Gasteiger partial charge in [-0.1, -0.05) is 13.8 Å². The summed E-state index contributed by atoms with van der Waals surface area (Å²) in [6, 6.07) is -0.263. The largest absolute Gasteiger partial charge is 0.396 e. The van der Waals surface area contributed by atoms with Crippen LogP contribution in [0.2, 0.25) is 0 Å². The van der Waals surface area contributed by atoms with Crippen molar-refractivity contribution in [2.24, 2.45) is 0 Å². The highest BCUT2D eigenvalue weighted by Crippen LogP contribution is 2.21. The zero-order chi connectivity index (χ0) is 14.4. The number of methoxy groups -OCH3 is 1. The fraction of sp³-hybridized carbons (Fsp3) is 0.667. The molecule has 7 nitrogen and oxygen atoms in total. The molecule has 1 atom stereocenters. The zero-order valence-electron chi connectivity index (χ0n) is 11.6. The summed E-state index contributed by atoms with van der Waals surface area (Å²) >= 11 is 0. The van der Waals surface area contributed by atoms with Crippen LogP contribution in [0.25, 0.3) is 0 Å². The molecule has 1 aromatic rings. The molecule has 0 aliphatic rings. The van der Waals surface area contributed by atoms with Crippen LogP contribution in [0.3, 0.4) is 0 Å². The second-order valence-corrected chi connectivity index (χ2v) is 4.69. The lowest BCUT2D eigenvalue weighted by Gasteiger charge is -2.16. The lowest BCUT2D eigenvalue weighted by Crippen LogP contribution is -2.39. The quantitative estimate of drug-likeness (QED) is 0.567. The van der Waals surface area contributed by atoms with Crippen molar-refractivity contribution in [1.82, 2.24) is 15.5 Å². The van der Waals surface area contributed by atoms with Crippen molar-refractivity contribution >= 4 is 11.6 Å². The van der Waals surface area contributed by atoms with Crippen LogP contribution in [-0.2, 0) is 4.74 Å². The van der Waals surface area contributed by atoms with E-state index in [9.17, 15) is 4.79 Å². The summed E-state index contributed by atoms with van der Waals surface area (Å²) in [5.74, 6) is -0.197. The van der Waals surface area contributed by atoms with Crippen LogP contribution in [0.1, 0.15) is 42.4 Å². The molecule has 0 bridgehead atoms. The van der Waals surface area contributed by atoms with Gasteiger partial charge >= 0.3 is 0 Å². The van der Waals surface area contributed by atoms with Crippen LogP contribution in [0.15, 0.2) is 0 Å². The lowest BCUT2D eigenvalue weighted by molar-refractivity contribution is 0.0874. The number of anilines is 1. The van der Waals surface area contributed by atoms with E-state index in [1.807, 2.05) is 13.8 Å². The van der Waals surface area contributed by atoms with E-state index in [1.165, 1.54) is 7.11 Å². The standard InChI is InChI=1S/C12H22N4O3/c1-7(2)10-9(13)11(16-15-10)12(18)14-8(4-5-17)6-19-3/h7-8,17H,4-6,13H2,1-3H3,(H,14,18)(H,15,16). The van der Waals surface area contributed by atoms with Crippen molar-refractivity contribution in [2.45, 2.75) is 32.2 Å². The molecule has 19 heavy (non-hydrogen) atoms. The molecule has 5 N–H and O–H groups in total. The first-order valence-corrected chi connectivity index (χ1v) is 6.25. The number of aromatic nitrogens is 2. The summed E-state index contributed by atoms with van der Waals surface area (Å²) in [6.07, 6.45) is 0.418. The molecular weight excluding hydrogens is 248 g/mol. The third-order valence-corrected chi connectivity index (χ3v) is 2.81. The fourth-order valence-corrected chi connectivity index (χ4v) is 1.79. The van der Waals surface area contributed by atoms with Gasteiger partial charge in [0.15, 0.2) is 5.69 Å². The molecule has 0 aliphatic carbocycles. The first-order valence-electron chi connectivity index (χ1n) is 6.25. The number of aliphatic hydroxyl groups is 1. The number of rotatable bonds is 7. The Hall–Kier alpha value is -1.60. The molecule has 1 amide bonds. The Labute approximate surface area is 112 Å². The first kappa shape index (κ1) is 15.5. The first-order chi connectivity index (χ1) is 9.01. The number of ether oxygens (including phenoxy) is 1. The van der Waals surface area contributed by atoms with Gasteiger partial charge < -0.3 is 20.9 Å². The highest BCUT2D eigenvalue weighted by Gasteiger charge is 2.21. The van der Waals surface area contributed by atoms with Gasteiger partial charge in [-0.25, -0.2) is 0 Å². The Balaban J connectivity index is 2.77. The number of aliphatic hydroxyl groups excluding tert-OH is 1. The molecule has 0 aliphatic heterocycles. The minimum absolute atomic E-state index is 0.0262. The molecule has 0 fully saturated rings. The summed E-state index contributed by atoms with van der Waals surface area (Å²) in [4.78, 5) is 12.1. The van der Waals surface area contributed by atoms with Gasteiger partial charge in [-0.3, -0.25) is 9.89 Å². The Bertz CT molecular complexity index is 411. The molecule has 0 saturated heterocycles. The van der Waals surface area contributed by atoms with Crippen molar-refractivity contribution in [2.75, 3.05) is 26.1 Å². The summed E-state index contributed by atoms with van der Waals surface area (Å²) in [5, 5.41) is 18.4. The van der Waals surface area contributed by atoms with E-state index >= 15 is 0 Å². The number of nitrogens with zero attached hydrogens (tertiary/aromatic N) is 1. The van der Waals surface area contributed by atoms with E-state index in [2.05, 4.69) is 15.5 Å². The third kappa shape index (κ3) is 3.93. The monoisotopic (exact) mass is 270 g/mol. The number of carbonyl (C=O) groups excluding carboxylic acids is 1. The normalized spacial score (nSPS) is 12.7. The second kappa shape index (κ2) is 7.10. The van der Waals surface area contributed by atoms with Crippen molar-refractivity contribution in [3.8, 4) is 0 Å². The Kier molecular flexibility index (Phi) is 5.78. The molecule has 1 rings (SSSR count). The second-order valence-electron chi connectivity index (χ2n) is 4.69. The van der Waals surface area contributed by atoms with Gasteiger partial charge in [0, 0.05) is 13.7 Å². The van der Waals surface area contributed by atoms with Gasteiger partial charge in [-0.15, -0.1) is 0 Å². The van der Waals surface area contributed by atoms with Crippen molar-refractivity contribution in [3.63, 3.8) is 0 Å². The molecule has 0 saturated carbocycles.